The van der Waals surface area contributed by atoms with Gasteiger partial charge in [-0.25, -0.2) is 9.67 Å². The Morgan fingerprint density at radius 3 is 2.69 bits per heavy atom. The Labute approximate surface area is 169 Å². The van der Waals surface area contributed by atoms with Gasteiger partial charge in [-0.1, -0.05) is 12.1 Å². The monoisotopic (exact) mass is 394 g/mol. The minimum Gasteiger partial charge on any atom is -0.352 e. The fourth-order valence-corrected chi connectivity index (χ4v) is 3.78. The van der Waals surface area contributed by atoms with Gasteiger partial charge in [0.2, 0.25) is 5.91 Å². The SMILES string of the molecule is CC(C)n1nccc1NC(=O)CCn1c(=O)c(N2CCCC2)nc2ccccc21. The van der Waals surface area contributed by atoms with E-state index in [2.05, 4.69) is 15.4 Å². The maximum absolute atomic E-state index is 13.2. The highest BCUT2D eigenvalue weighted by Crippen LogP contribution is 2.19. The number of rotatable bonds is 6. The number of carbonyl (C=O) groups excluding carboxylic acids is 1. The number of fused-ring (bicyclic) bond motifs is 1. The van der Waals surface area contributed by atoms with Crippen LogP contribution in [0.2, 0.25) is 0 Å². The summed E-state index contributed by atoms with van der Waals surface area (Å²) < 4.78 is 3.44. The van der Waals surface area contributed by atoms with Crippen molar-refractivity contribution in [3.05, 3.63) is 46.9 Å². The number of carbonyl (C=O) groups is 1. The van der Waals surface area contributed by atoms with Gasteiger partial charge in [0.05, 0.1) is 17.2 Å². The number of nitrogens with one attached hydrogen (secondary N) is 1. The minimum atomic E-state index is -0.150. The van der Waals surface area contributed by atoms with Crippen LogP contribution in [0.4, 0.5) is 11.6 Å². The van der Waals surface area contributed by atoms with Crippen molar-refractivity contribution in [1.29, 1.82) is 0 Å². The molecule has 29 heavy (non-hydrogen) atoms. The molecule has 0 bridgehead atoms. The summed E-state index contributed by atoms with van der Waals surface area (Å²) in [5, 5.41) is 7.13. The van der Waals surface area contributed by atoms with Crippen molar-refractivity contribution < 1.29 is 4.79 Å². The van der Waals surface area contributed by atoms with Crippen LogP contribution in [0.15, 0.2) is 41.3 Å². The van der Waals surface area contributed by atoms with E-state index in [-0.39, 0.29) is 23.9 Å². The maximum Gasteiger partial charge on any atom is 0.294 e. The molecule has 0 radical (unpaired) electrons. The number of nitrogens with zero attached hydrogens (tertiary/aromatic N) is 5. The van der Waals surface area contributed by atoms with Crippen LogP contribution in [-0.4, -0.2) is 38.3 Å². The van der Waals surface area contributed by atoms with Crippen molar-refractivity contribution in [1.82, 2.24) is 19.3 Å². The molecule has 8 heteroatoms. The van der Waals surface area contributed by atoms with Crippen LogP contribution in [0.3, 0.4) is 0 Å². The number of hydrogen-bond acceptors (Lipinski definition) is 5. The van der Waals surface area contributed by atoms with Crippen molar-refractivity contribution in [3.8, 4) is 0 Å². The molecule has 2 aromatic heterocycles. The third-order valence-corrected chi connectivity index (χ3v) is 5.23. The first-order valence-electron chi connectivity index (χ1n) is 10.1. The Bertz CT molecular complexity index is 1080. The number of amides is 1. The van der Waals surface area contributed by atoms with Gasteiger partial charge < -0.3 is 14.8 Å². The number of hydrogen-bond donors (Lipinski definition) is 1. The topological polar surface area (TPSA) is 85.0 Å². The highest BCUT2D eigenvalue weighted by Gasteiger charge is 2.20. The van der Waals surface area contributed by atoms with Gasteiger partial charge in [0.15, 0.2) is 5.82 Å². The summed E-state index contributed by atoms with van der Waals surface area (Å²) in [7, 11) is 0. The molecule has 0 atom stereocenters. The zero-order valence-corrected chi connectivity index (χ0v) is 16.8. The Hall–Kier alpha value is -3.16. The number of benzene rings is 1. The van der Waals surface area contributed by atoms with E-state index in [1.54, 1.807) is 21.5 Å². The van der Waals surface area contributed by atoms with Crippen LogP contribution >= 0.6 is 0 Å². The molecule has 1 fully saturated rings. The highest BCUT2D eigenvalue weighted by atomic mass is 16.2. The molecule has 1 saturated heterocycles. The summed E-state index contributed by atoms with van der Waals surface area (Å²) in [5.41, 5.74) is 1.39. The van der Waals surface area contributed by atoms with Gasteiger partial charge in [-0.2, -0.15) is 5.10 Å². The molecular formula is C21H26N6O2. The first kappa shape index (κ1) is 19.2. The molecule has 3 heterocycles. The van der Waals surface area contributed by atoms with Crippen LogP contribution in [-0.2, 0) is 11.3 Å². The number of aromatic nitrogens is 4. The average Bonchev–Trinajstić information content (AvgIpc) is 3.39. The Morgan fingerprint density at radius 2 is 1.93 bits per heavy atom. The second-order valence-electron chi connectivity index (χ2n) is 7.63. The molecule has 152 valence electrons. The summed E-state index contributed by atoms with van der Waals surface area (Å²) in [5.74, 6) is 0.997. The molecule has 1 aliphatic heterocycles. The first-order chi connectivity index (χ1) is 14.0. The number of aryl methyl sites for hydroxylation is 1. The Morgan fingerprint density at radius 1 is 1.17 bits per heavy atom. The van der Waals surface area contributed by atoms with Crippen LogP contribution < -0.4 is 15.8 Å². The summed E-state index contributed by atoms with van der Waals surface area (Å²) in [6.07, 6.45) is 4.00. The van der Waals surface area contributed by atoms with Crippen molar-refractivity contribution in [2.45, 2.75) is 45.7 Å². The van der Waals surface area contributed by atoms with Gasteiger partial charge in [0, 0.05) is 38.2 Å². The van der Waals surface area contributed by atoms with E-state index in [4.69, 9.17) is 0 Å². The molecule has 0 saturated carbocycles. The average molecular weight is 394 g/mol. The molecule has 1 aromatic carbocycles. The lowest BCUT2D eigenvalue weighted by atomic mass is 10.2. The normalized spacial score (nSPS) is 14.1. The molecule has 1 amide bonds. The largest absolute Gasteiger partial charge is 0.352 e. The van der Waals surface area contributed by atoms with E-state index in [0.29, 0.717) is 18.2 Å². The van der Waals surface area contributed by atoms with Crippen LogP contribution in [0.25, 0.3) is 11.0 Å². The fourth-order valence-electron chi connectivity index (χ4n) is 3.78. The van der Waals surface area contributed by atoms with Crippen LogP contribution in [0.1, 0.15) is 39.2 Å². The standard InChI is InChI=1S/C21H26N6O2/c1-15(2)27-18(9-11-22-27)24-19(28)10-14-26-17-8-4-3-7-16(17)23-20(21(26)29)25-12-5-6-13-25/h3-4,7-9,11,15H,5-6,10,12-14H2,1-2H3,(H,24,28). The van der Waals surface area contributed by atoms with Crippen LogP contribution in [0, 0.1) is 0 Å². The van der Waals surface area contributed by atoms with Gasteiger partial charge in [-0.15, -0.1) is 0 Å². The van der Waals surface area contributed by atoms with E-state index in [1.807, 2.05) is 43.0 Å². The first-order valence-corrected chi connectivity index (χ1v) is 10.1. The number of para-hydroxylation sites is 2. The maximum atomic E-state index is 13.2. The van der Waals surface area contributed by atoms with E-state index >= 15 is 0 Å². The van der Waals surface area contributed by atoms with E-state index in [9.17, 15) is 9.59 Å². The molecule has 0 spiro atoms. The van der Waals surface area contributed by atoms with Crippen LogP contribution in [0.5, 0.6) is 0 Å². The molecule has 8 nitrogen and oxygen atoms in total. The van der Waals surface area contributed by atoms with Gasteiger partial charge in [-0.05, 0) is 38.8 Å². The zero-order chi connectivity index (χ0) is 20.4. The van der Waals surface area contributed by atoms with E-state index < -0.39 is 0 Å². The second kappa shape index (κ2) is 8.06. The van der Waals surface area contributed by atoms with Gasteiger partial charge in [0.25, 0.3) is 5.56 Å². The van der Waals surface area contributed by atoms with Crippen molar-refractivity contribution >= 4 is 28.6 Å². The smallest absolute Gasteiger partial charge is 0.294 e. The number of anilines is 2. The molecule has 0 unspecified atom stereocenters. The van der Waals surface area contributed by atoms with Crippen molar-refractivity contribution in [3.63, 3.8) is 0 Å². The van der Waals surface area contributed by atoms with Crippen molar-refractivity contribution in [2.75, 3.05) is 23.3 Å². The molecular weight excluding hydrogens is 368 g/mol. The molecule has 1 N–H and O–H groups in total. The van der Waals surface area contributed by atoms with E-state index in [1.165, 1.54) is 0 Å². The molecule has 1 aliphatic rings. The highest BCUT2D eigenvalue weighted by molar-refractivity contribution is 5.90. The van der Waals surface area contributed by atoms with Crippen molar-refractivity contribution in [2.24, 2.45) is 0 Å². The molecule has 4 rings (SSSR count). The molecule has 3 aromatic rings. The quantitative estimate of drug-likeness (QED) is 0.695. The fraction of sp³-hybridized carbons (Fsp3) is 0.429. The van der Waals surface area contributed by atoms with Gasteiger partial charge in [0.1, 0.15) is 5.82 Å². The minimum absolute atomic E-state index is 0.134. The summed E-state index contributed by atoms with van der Waals surface area (Å²) in [6.45, 7) is 6.00. The summed E-state index contributed by atoms with van der Waals surface area (Å²) in [6, 6.07) is 9.51. The van der Waals surface area contributed by atoms with Gasteiger partial charge >= 0.3 is 0 Å². The predicted octanol–water partition coefficient (Wildman–Crippen LogP) is 2.80. The summed E-state index contributed by atoms with van der Waals surface area (Å²) >= 11 is 0. The lowest BCUT2D eigenvalue weighted by Crippen LogP contribution is -2.32. The summed E-state index contributed by atoms with van der Waals surface area (Å²) in [4.78, 5) is 32.4. The van der Waals surface area contributed by atoms with E-state index in [0.717, 1.165) is 37.0 Å². The zero-order valence-electron chi connectivity index (χ0n) is 16.8. The predicted molar refractivity (Wildman–Crippen MR) is 113 cm³/mol. The third kappa shape index (κ3) is 3.87. The third-order valence-electron chi connectivity index (χ3n) is 5.23. The lowest BCUT2D eigenvalue weighted by molar-refractivity contribution is -0.116. The Balaban J connectivity index is 1.58. The van der Waals surface area contributed by atoms with Gasteiger partial charge in [-0.3, -0.25) is 9.59 Å². The second-order valence-corrected chi connectivity index (χ2v) is 7.63. The molecule has 0 aliphatic carbocycles. The lowest BCUT2D eigenvalue weighted by Gasteiger charge is -2.19. The Kier molecular flexibility index (Phi) is 5.33.